The molecular weight excluding hydrogens is 352 g/mol. The molecule has 1 fully saturated rings. The minimum Gasteiger partial charge on any atom is -0.463 e. The Morgan fingerprint density at radius 2 is 2.12 bits per heavy atom. The van der Waals surface area contributed by atoms with Gasteiger partial charge in [0, 0.05) is 30.2 Å². The maximum absolute atomic E-state index is 11.7. The Hall–Kier alpha value is -2.74. The largest absolute Gasteiger partial charge is 0.463 e. The van der Waals surface area contributed by atoms with Gasteiger partial charge >= 0.3 is 0 Å². The zero-order chi connectivity index (χ0) is 18.1. The zero-order valence-corrected chi connectivity index (χ0v) is 15.0. The maximum Gasteiger partial charge on any atom is 0.223 e. The number of hydrogen-bond donors (Lipinski definition) is 1. The molecule has 1 aliphatic heterocycles. The SMILES string of the molecule is Cc1cnccc1-c1cnc(NC2CCS(=O)(=O)C2)nc1-c1ccco1. The highest BCUT2D eigenvalue weighted by Crippen LogP contribution is 2.32. The number of anilines is 1. The Balaban J connectivity index is 1.74. The van der Waals surface area contributed by atoms with Crippen LogP contribution in [0.3, 0.4) is 0 Å². The summed E-state index contributed by atoms with van der Waals surface area (Å²) in [4.78, 5) is 13.1. The highest BCUT2D eigenvalue weighted by Gasteiger charge is 2.28. The topological polar surface area (TPSA) is 98.0 Å². The summed E-state index contributed by atoms with van der Waals surface area (Å²) in [6, 6.07) is 5.39. The lowest BCUT2D eigenvalue weighted by Gasteiger charge is -2.14. The smallest absolute Gasteiger partial charge is 0.223 e. The van der Waals surface area contributed by atoms with Gasteiger partial charge in [0.2, 0.25) is 5.95 Å². The third kappa shape index (κ3) is 3.32. The monoisotopic (exact) mass is 370 g/mol. The van der Waals surface area contributed by atoms with Crippen molar-refractivity contribution in [2.24, 2.45) is 0 Å². The summed E-state index contributed by atoms with van der Waals surface area (Å²) in [5.41, 5.74) is 3.47. The molecule has 0 amide bonds. The molecule has 134 valence electrons. The average Bonchev–Trinajstić information content (AvgIpc) is 3.25. The van der Waals surface area contributed by atoms with Crippen LogP contribution in [-0.4, -0.2) is 40.9 Å². The Morgan fingerprint density at radius 1 is 1.23 bits per heavy atom. The summed E-state index contributed by atoms with van der Waals surface area (Å²) in [5, 5.41) is 3.14. The van der Waals surface area contributed by atoms with Crippen LogP contribution in [0.1, 0.15) is 12.0 Å². The van der Waals surface area contributed by atoms with Crippen LogP contribution >= 0.6 is 0 Å². The number of aromatic nitrogens is 3. The predicted molar refractivity (Wildman–Crippen MR) is 98.4 cm³/mol. The molecule has 26 heavy (non-hydrogen) atoms. The van der Waals surface area contributed by atoms with Crippen LogP contribution < -0.4 is 5.32 Å². The fourth-order valence-electron chi connectivity index (χ4n) is 3.12. The third-order valence-corrected chi connectivity index (χ3v) is 6.19. The van der Waals surface area contributed by atoms with Crippen LogP contribution in [-0.2, 0) is 9.84 Å². The molecule has 0 saturated carbocycles. The van der Waals surface area contributed by atoms with E-state index in [-0.39, 0.29) is 17.5 Å². The molecule has 1 atom stereocenters. The van der Waals surface area contributed by atoms with E-state index in [0.717, 1.165) is 16.7 Å². The third-order valence-electron chi connectivity index (χ3n) is 4.42. The summed E-state index contributed by atoms with van der Waals surface area (Å²) >= 11 is 0. The second-order valence-electron chi connectivity index (χ2n) is 6.37. The molecule has 1 unspecified atom stereocenters. The van der Waals surface area contributed by atoms with Crippen LogP contribution in [0.5, 0.6) is 0 Å². The predicted octanol–water partition coefficient (Wildman–Crippen LogP) is 2.71. The first kappa shape index (κ1) is 16.7. The molecule has 0 bridgehead atoms. The van der Waals surface area contributed by atoms with E-state index in [1.807, 2.05) is 19.1 Å². The van der Waals surface area contributed by atoms with Crippen molar-refractivity contribution in [3.63, 3.8) is 0 Å². The quantitative estimate of drug-likeness (QED) is 0.754. The molecule has 0 radical (unpaired) electrons. The molecule has 3 aromatic heterocycles. The Kier molecular flexibility index (Phi) is 4.20. The number of nitrogens with one attached hydrogen (secondary N) is 1. The molecule has 0 aromatic carbocycles. The van der Waals surface area contributed by atoms with Gasteiger partial charge in [0.15, 0.2) is 15.6 Å². The Labute approximate surface area is 151 Å². The number of rotatable bonds is 4. The second-order valence-corrected chi connectivity index (χ2v) is 8.60. The standard InChI is InChI=1S/C18H18N4O3S/c1-12-9-19-6-4-14(12)15-10-20-18(21-13-5-8-26(23,24)11-13)22-17(15)16-3-2-7-25-16/h2-4,6-7,9-10,13H,5,8,11H2,1H3,(H,20,21,22). The van der Waals surface area contributed by atoms with Crippen molar-refractivity contribution in [2.45, 2.75) is 19.4 Å². The van der Waals surface area contributed by atoms with Gasteiger partial charge < -0.3 is 9.73 Å². The number of pyridine rings is 1. The van der Waals surface area contributed by atoms with Gasteiger partial charge in [-0.3, -0.25) is 4.98 Å². The van der Waals surface area contributed by atoms with E-state index >= 15 is 0 Å². The number of sulfone groups is 1. The molecular formula is C18H18N4O3S. The van der Waals surface area contributed by atoms with Gasteiger partial charge in [-0.2, -0.15) is 0 Å². The van der Waals surface area contributed by atoms with Crippen LogP contribution in [0.2, 0.25) is 0 Å². The van der Waals surface area contributed by atoms with Crippen molar-refractivity contribution >= 4 is 15.8 Å². The van der Waals surface area contributed by atoms with Gasteiger partial charge in [-0.15, -0.1) is 0 Å². The van der Waals surface area contributed by atoms with Gasteiger partial charge in [-0.05, 0) is 42.7 Å². The van der Waals surface area contributed by atoms with Gasteiger partial charge in [0.05, 0.1) is 17.8 Å². The van der Waals surface area contributed by atoms with E-state index in [2.05, 4.69) is 20.3 Å². The van der Waals surface area contributed by atoms with Crippen molar-refractivity contribution in [3.05, 3.63) is 48.6 Å². The lowest BCUT2D eigenvalue weighted by Crippen LogP contribution is -2.22. The van der Waals surface area contributed by atoms with Gasteiger partial charge in [0.1, 0.15) is 5.69 Å². The summed E-state index contributed by atoms with van der Waals surface area (Å²) in [5.74, 6) is 1.33. The van der Waals surface area contributed by atoms with Crippen molar-refractivity contribution in [3.8, 4) is 22.6 Å². The first-order chi connectivity index (χ1) is 12.5. The van der Waals surface area contributed by atoms with Crippen LogP contribution in [0.15, 0.2) is 47.5 Å². The van der Waals surface area contributed by atoms with E-state index < -0.39 is 9.84 Å². The van der Waals surface area contributed by atoms with Gasteiger partial charge in [-0.25, -0.2) is 18.4 Å². The zero-order valence-electron chi connectivity index (χ0n) is 14.2. The summed E-state index contributed by atoms with van der Waals surface area (Å²) in [6.45, 7) is 1.98. The molecule has 1 aliphatic rings. The molecule has 1 saturated heterocycles. The lowest BCUT2D eigenvalue weighted by molar-refractivity contribution is 0.580. The molecule has 8 heteroatoms. The highest BCUT2D eigenvalue weighted by molar-refractivity contribution is 7.91. The average molecular weight is 370 g/mol. The molecule has 0 aliphatic carbocycles. The first-order valence-corrected chi connectivity index (χ1v) is 10.1. The second kappa shape index (κ2) is 6.53. The lowest BCUT2D eigenvalue weighted by atomic mass is 10.0. The normalized spacial score (nSPS) is 18.7. The fraction of sp³-hybridized carbons (Fsp3) is 0.278. The molecule has 1 N–H and O–H groups in total. The minimum absolute atomic E-state index is 0.109. The highest BCUT2D eigenvalue weighted by atomic mass is 32.2. The fourth-order valence-corrected chi connectivity index (χ4v) is 4.79. The first-order valence-electron chi connectivity index (χ1n) is 8.31. The number of aryl methyl sites for hydroxylation is 1. The van der Waals surface area contributed by atoms with E-state index in [9.17, 15) is 8.42 Å². The van der Waals surface area contributed by atoms with Crippen LogP contribution in [0.4, 0.5) is 5.95 Å². The summed E-state index contributed by atoms with van der Waals surface area (Å²) in [6.07, 6.45) is 7.41. The Morgan fingerprint density at radius 3 is 2.81 bits per heavy atom. The minimum atomic E-state index is -2.97. The van der Waals surface area contributed by atoms with Crippen LogP contribution in [0, 0.1) is 6.92 Å². The van der Waals surface area contributed by atoms with Crippen molar-refractivity contribution in [2.75, 3.05) is 16.8 Å². The van der Waals surface area contributed by atoms with Gasteiger partial charge in [0.25, 0.3) is 0 Å². The summed E-state index contributed by atoms with van der Waals surface area (Å²) < 4.78 is 28.9. The molecule has 7 nitrogen and oxygen atoms in total. The number of furan rings is 1. The Bertz CT molecular complexity index is 1030. The van der Waals surface area contributed by atoms with E-state index in [1.165, 1.54) is 0 Å². The van der Waals surface area contributed by atoms with Crippen molar-refractivity contribution in [1.29, 1.82) is 0 Å². The van der Waals surface area contributed by atoms with E-state index in [4.69, 9.17) is 4.42 Å². The molecule has 3 aromatic rings. The number of nitrogens with zero attached hydrogens (tertiary/aromatic N) is 3. The van der Waals surface area contributed by atoms with E-state index in [0.29, 0.717) is 23.8 Å². The van der Waals surface area contributed by atoms with Crippen molar-refractivity contribution in [1.82, 2.24) is 15.0 Å². The van der Waals surface area contributed by atoms with Crippen LogP contribution in [0.25, 0.3) is 22.6 Å². The molecule has 0 spiro atoms. The van der Waals surface area contributed by atoms with Crippen molar-refractivity contribution < 1.29 is 12.8 Å². The van der Waals surface area contributed by atoms with Gasteiger partial charge in [-0.1, -0.05) is 0 Å². The van der Waals surface area contributed by atoms with E-state index in [1.54, 1.807) is 30.9 Å². The summed E-state index contributed by atoms with van der Waals surface area (Å²) in [7, 11) is -2.97. The maximum atomic E-state index is 11.7. The molecule has 4 heterocycles. The number of hydrogen-bond acceptors (Lipinski definition) is 7. The molecule has 4 rings (SSSR count).